The second-order valence-corrected chi connectivity index (χ2v) is 4.75. The Labute approximate surface area is 108 Å². The van der Waals surface area contributed by atoms with Crippen LogP contribution in [0.25, 0.3) is 0 Å². The van der Waals surface area contributed by atoms with Crippen molar-refractivity contribution >= 4 is 11.6 Å². The summed E-state index contributed by atoms with van der Waals surface area (Å²) >= 11 is 0. The highest BCUT2D eigenvalue weighted by molar-refractivity contribution is 5.76. The lowest BCUT2D eigenvalue weighted by Crippen LogP contribution is -2.47. The molecule has 1 aromatic carbocycles. The summed E-state index contributed by atoms with van der Waals surface area (Å²) in [6.45, 7) is 4.04. The molecule has 0 aromatic heterocycles. The summed E-state index contributed by atoms with van der Waals surface area (Å²) in [4.78, 5) is 14.0. The van der Waals surface area contributed by atoms with Crippen LogP contribution in [0.2, 0.25) is 0 Å². The molecule has 1 amide bonds. The topological polar surface area (TPSA) is 55.6 Å². The zero-order chi connectivity index (χ0) is 13.0. The number of rotatable bonds is 3. The number of ether oxygens (including phenoxy) is 1. The molecule has 4 heteroatoms. The molecule has 1 fully saturated rings. The van der Waals surface area contributed by atoms with Gasteiger partial charge < -0.3 is 15.4 Å². The lowest BCUT2D eigenvalue weighted by Gasteiger charge is -2.33. The molecule has 1 heterocycles. The van der Waals surface area contributed by atoms with E-state index < -0.39 is 0 Å². The van der Waals surface area contributed by atoms with Gasteiger partial charge >= 0.3 is 0 Å². The highest BCUT2D eigenvalue weighted by Crippen LogP contribution is 2.12. The Morgan fingerprint density at radius 1 is 1.44 bits per heavy atom. The van der Waals surface area contributed by atoms with E-state index in [4.69, 9.17) is 10.5 Å². The molecular weight excluding hydrogens is 228 g/mol. The standard InChI is InChI=1S/C14H20N2O2/c1-11-10-18-9-8-16(11)14(17)7-4-12-2-5-13(15)6-3-12/h2-3,5-6,11H,4,7-10,15H2,1H3/t11-/m1/s1. The second-order valence-electron chi connectivity index (χ2n) is 4.75. The predicted molar refractivity (Wildman–Crippen MR) is 71.2 cm³/mol. The van der Waals surface area contributed by atoms with Crippen LogP contribution in [0, 0.1) is 0 Å². The van der Waals surface area contributed by atoms with Gasteiger partial charge in [-0.2, -0.15) is 0 Å². The monoisotopic (exact) mass is 248 g/mol. The number of hydrogen-bond donors (Lipinski definition) is 1. The third-order valence-corrected chi connectivity index (χ3v) is 3.30. The van der Waals surface area contributed by atoms with E-state index in [2.05, 4.69) is 0 Å². The fourth-order valence-corrected chi connectivity index (χ4v) is 2.18. The van der Waals surface area contributed by atoms with Crippen LogP contribution in [0.3, 0.4) is 0 Å². The van der Waals surface area contributed by atoms with Crippen molar-refractivity contribution in [3.05, 3.63) is 29.8 Å². The largest absolute Gasteiger partial charge is 0.399 e. The number of aryl methyl sites for hydroxylation is 1. The summed E-state index contributed by atoms with van der Waals surface area (Å²) in [7, 11) is 0. The number of benzene rings is 1. The SMILES string of the molecule is C[C@@H]1COCCN1C(=O)CCc1ccc(N)cc1. The number of nitrogen functional groups attached to an aromatic ring is 1. The second kappa shape index (κ2) is 5.87. The third-order valence-electron chi connectivity index (χ3n) is 3.30. The molecule has 1 atom stereocenters. The number of nitrogens with two attached hydrogens (primary N) is 1. The van der Waals surface area contributed by atoms with E-state index in [1.807, 2.05) is 36.1 Å². The summed E-state index contributed by atoms with van der Waals surface area (Å²) in [6, 6.07) is 7.89. The number of carbonyl (C=O) groups excluding carboxylic acids is 1. The first-order valence-electron chi connectivity index (χ1n) is 6.38. The maximum Gasteiger partial charge on any atom is 0.223 e. The van der Waals surface area contributed by atoms with E-state index in [1.165, 1.54) is 0 Å². The van der Waals surface area contributed by atoms with Gasteiger partial charge in [-0.1, -0.05) is 12.1 Å². The van der Waals surface area contributed by atoms with Gasteiger partial charge in [-0.05, 0) is 31.0 Å². The van der Waals surface area contributed by atoms with Crippen LogP contribution in [0.5, 0.6) is 0 Å². The van der Waals surface area contributed by atoms with Crippen LogP contribution in [-0.4, -0.2) is 36.6 Å². The van der Waals surface area contributed by atoms with E-state index in [1.54, 1.807) is 0 Å². The zero-order valence-corrected chi connectivity index (χ0v) is 10.8. The van der Waals surface area contributed by atoms with E-state index in [9.17, 15) is 4.79 Å². The Hall–Kier alpha value is -1.55. The smallest absolute Gasteiger partial charge is 0.223 e. The number of amides is 1. The van der Waals surface area contributed by atoms with Crippen LogP contribution >= 0.6 is 0 Å². The molecule has 1 aliphatic rings. The van der Waals surface area contributed by atoms with Crippen LogP contribution in [0.4, 0.5) is 5.69 Å². The van der Waals surface area contributed by atoms with Crippen molar-refractivity contribution in [2.45, 2.75) is 25.8 Å². The number of carbonyl (C=O) groups is 1. The quantitative estimate of drug-likeness (QED) is 0.824. The summed E-state index contributed by atoms with van der Waals surface area (Å²) < 4.78 is 5.33. The molecule has 0 aliphatic carbocycles. The summed E-state index contributed by atoms with van der Waals surface area (Å²) in [5, 5.41) is 0. The molecule has 0 saturated carbocycles. The van der Waals surface area contributed by atoms with E-state index >= 15 is 0 Å². The predicted octanol–water partition coefficient (Wildman–Crippen LogP) is 1.45. The normalized spacial score (nSPS) is 19.8. The van der Waals surface area contributed by atoms with Crippen molar-refractivity contribution in [3.8, 4) is 0 Å². The number of morpholine rings is 1. The van der Waals surface area contributed by atoms with Gasteiger partial charge in [0.05, 0.1) is 19.3 Å². The van der Waals surface area contributed by atoms with Crippen molar-refractivity contribution in [1.82, 2.24) is 4.90 Å². The first-order valence-corrected chi connectivity index (χ1v) is 6.38. The first-order chi connectivity index (χ1) is 8.66. The fourth-order valence-electron chi connectivity index (χ4n) is 2.18. The van der Waals surface area contributed by atoms with Gasteiger partial charge in [-0.15, -0.1) is 0 Å². The number of anilines is 1. The molecule has 0 unspecified atom stereocenters. The van der Waals surface area contributed by atoms with Crippen molar-refractivity contribution in [2.24, 2.45) is 0 Å². The van der Waals surface area contributed by atoms with Gasteiger partial charge in [0.2, 0.25) is 5.91 Å². The first kappa shape index (κ1) is 12.9. The van der Waals surface area contributed by atoms with Gasteiger partial charge in [0.25, 0.3) is 0 Å². The van der Waals surface area contributed by atoms with Crippen molar-refractivity contribution in [1.29, 1.82) is 0 Å². The number of hydrogen-bond acceptors (Lipinski definition) is 3. The Balaban J connectivity index is 1.85. The van der Waals surface area contributed by atoms with Crippen molar-refractivity contribution in [3.63, 3.8) is 0 Å². The lowest BCUT2D eigenvalue weighted by molar-refractivity contribution is -0.139. The molecule has 0 bridgehead atoms. The van der Waals surface area contributed by atoms with Gasteiger partial charge in [0.15, 0.2) is 0 Å². The highest BCUT2D eigenvalue weighted by atomic mass is 16.5. The van der Waals surface area contributed by atoms with Gasteiger partial charge in [-0.3, -0.25) is 4.79 Å². The minimum Gasteiger partial charge on any atom is -0.399 e. The van der Waals surface area contributed by atoms with Crippen molar-refractivity contribution in [2.75, 3.05) is 25.5 Å². The molecule has 0 spiro atoms. The average Bonchev–Trinajstić information content (AvgIpc) is 2.38. The maximum atomic E-state index is 12.1. The Morgan fingerprint density at radius 3 is 2.83 bits per heavy atom. The molecule has 98 valence electrons. The molecular formula is C14H20N2O2. The molecule has 4 nitrogen and oxygen atoms in total. The summed E-state index contributed by atoms with van der Waals surface area (Å²) in [6.07, 6.45) is 1.32. The summed E-state index contributed by atoms with van der Waals surface area (Å²) in [5.74, 6) is 0.211. The third kappa shape index (κ3) is 3.23. The van der Waals surface area contributed by atoms with Crippen LogP contribution < -0.4 is 5.73 Å². The molecule has 2 N–H and O–H groups in total. The molecule has 1 saturated heterocycles. The lowest BCUT2D eigenvalue weighted by atomic mass is 10.1. The van der Waals surface area contributed by atoms with Gasteiger partial charge in [-0.25, -0.2) is 0 Å². The van der Waals surface area contributed by atoms with E-state index in [0.717, 1.165) is 17.7 Å². The Kier molecular flexibility index (Phi) is 4.20. The van der Waals surface area contributed by atoms with Crippen LogP contribution in [0.15, 0.2) is 24.3 Å². The van der Waals surface area contributed by atoms with Crippen molar-refractivity contribution < 1.29 is 9.53 Å². The van der Waals surface area contributed by atoms with Crippen LogP contribution in [0.1, 0.15) is 18.9 Å². The fraction of sp³-hybridized carbons (Fsp3) is 0.500. The molecule has 1 aromatic rings. The minimum absolute atomic E-state index is 0.192. The van der Waals surface area contributed by atoms with Crippen LogP contribution in [-0.2, 0) is 16.0 Å². The summed E-state index contributed by atoms with van der Waals surface area (Å²) in [5.41, 5.74) is 7.54. The van der Waals surface area contributed by atoms with Gasteiger partial charge in [0, 0.05) is 18.7 Å². The Morgan fingerprint density at radius 2 is 2.17 bits per heavy atom. The molecule has 0 radical (unpaired) electrons. The number of nitrogens with zero attached hydrogens (tertiary/aromatic N) is 1. The van der Waals surface area contributed by atoms with Gasteiger partial charge in [0.1, 0.15) is 0 Å². The molecule has 1 aliphatic heterocycles. The zero-order valence-electron chi connectivity index (χ0n) is 10.8. The molecule has 2 rings (SSSR count). The Bertz CT molecular complexity index is 403. The average molecular weight is 248 g/mol. The van der Waals surface area contributed by atoms with E-state index in [0.29, 0.717) is 26.2 Å². The highest BCUT2D eigenvalue weighted by Gasteiger charge is 2.22. The molecule has 18 heavy (non-hydrogen) atoms. The maximum absolute atomic E-state index is 12.1. The minimum atomic E-state index is 0.192. The van der Waals surface area contributed by atoms with E-state index in [-0.39, 0.29) is 11.9 Å².